The van der Waals surface area contributed by atoms with Crippen molar-refractivity contribution >= 4 is 22.8 Å². The van der Waals surface area contributed by atoms with Gasteiger partial charge in [-0.15, -0.1) is 0 Å². The van der Waals surface area contributed by atoms with Crippen molar-refractivity contribution in [2.45, 2.75) is 10.9 Å². The number of thioether (sulfide) groups is 1. The van der Waals surface area contributed by atoms with Crippen molar-refractivity contribution in [3.8, 4) is 11.3 Å². The number of nitrogens with zero attached hydrogens (tertiary/aromatic N) is 2. The molecule has 0 saturated carbocycles. The summed E-state index contributed by atoms with van der Waals surface area (Å²) < 4.78 is 32.1. The van der Waals surface area contributed by atoms with E-state index in [9.17, 15) is 8.78 Å². The number of imidazole rings is 1. The molecule has 120 valence electrons. The fourth-order valence-electron chi connectivity index (χ4n) is 2.29. The van der Waals surface area contributed by atoms with Gasteiger partial charge in [0.2, 0.25) is 5.89 Å². The Morgan fingerprint density at radius 3 is 2.71 bits per heavy atom. The zero-order valence-electron chi connectivity index (χ0n) is 12.3. The Bertz CT molecular complexity index is 959. The number of fused-ring (bicyclic) bond motifs is 1. The maximum absolute atomic E-state index is 13.2. The van der Waals surface area contributed by atoms with Crippen LogP contribution in [0.3, 0.4) is 0 Å². The summed E-state index contributed by atoms with van der Waals surface area (Å²) in [6.07, 6.45) is 1.68. The topological polar surface area (TPSA) is 54.7 Å². The summed E-state index contributed by atoms with van der Waals surface area (Å²) in [5.74, 6) is -0.109. The summed E-state index contributed by atoms with van der Waals surface area (Å²) in [7, 11) is 0. The number of aromatic nitrogens is 3. The van der Waals surface area contributed by atoms with E-state index in [1.807, 2.05) is 30.3 Å². The lowest BCUT2D eigenvalue weighted by Crippen LogP contribution is -1.82. The van der Waals surface area contributed by atoms with Gasteiger partial charge in [-0.2, -0.15) is 0 Å². The molecule has 7 heteroatoms. The van der Waals surface area contributed by atoms with Gasteiger partial charge in [0.05, 0.1) is 23.0 Å². The molecule has 4 aromatic rings. The highest BCUT2D eigenvalue weighted by atomic mass is 32.2. The largest absolute Gasteiger partial charge is 0.440 e. The average Bonchev–Trinajstić information content (AvgIpc) is 3.21. The van der Waals surface area contributed by atoms with Crippen LogP contribution in [-0.2, 0) is 5.75 Å². The van der Waals surface area contributed by atoms with E-state index < -0.39 is 11.6 Å². The zero-order valence-corrected chi connectivity index (χ0v) is 13.1. The van der Waals surface area contributed by atoms with Gasteiger partial charge in [0.15, 0.2) is 22.6 Å². The number of H-pyrrole nitrogens is 1. The molecule has 0 spiro atoms. The predicted molar refractivity (Wildman–Crippen MR) is 87.5 cm³/mol. The van der Waals surface area contributed by atoms with E-state index in [0.717, 1.165) is 17.7 Å². The van der Waals surface area contributed by atoms with E-state index in [1.54, 1.807) is 6.20 Å². The van der Waals surface area contributed by atoms with E-state index in [2.05, 4.69) is 15.0 Å². The van der Waals surface area contributed by atoms with Crippen LogP contribution in [0, 0.1) is 11.6 Å². The van der Waals surface area contributed by atoms with Gasteiger partial charge in [0, 0.05) is 17.7 Å². The van der Waals surface area contributed by atoms with Crippen LogP contribution in [-0.4, -0.2) is 15.0 Å². The van der Waals surface area contributed by atoms with Crippen molar-refractivity contribution in [3.05, 3.63) is 66.2 Å². The molecule has 0 aliphatic heterocycles. The minimum absolute atomic E-state index is 0.383. The van der Waals surface area contributed by atoms with Crippen molar-refractivity contribution in [3.63, 3.8) is 0 Å². The van der Waals surface area contributed by atoms with Gasteiger partial charge < -0.3 is 9.40 Å². The lowest BCUT2D eigenvalue weighted by Gasteiger charge is -1.95. The van der Waals surface area contributed by atoms with Crippen molar-refractivity contribution in [1.82, 2.24) is 15.0 Å². The number of aromatic amines is 1. The molecule has 4 nitrogen and oxygen atoms in total. The molecule has 2 heterocycles. The number of oxazole rings is 1. The van der Waals surface area contributed by atoms with E-state index in [-0.39, 0.29) is 0 Å². The second-order valence-electron chi connectivity index (χ2n) is 5.10. The minimum atomic E-state index is -0.911. The highest BCUT2D eigenvalue weighted by molar-refractivity contribution is 7.98. The molecule has 2 aromatic carbocycles. The SMILES string of the molecule is Fc1cc2nc(SCc3ncc(-c4ccccc4)o3)[nH]c2cc1F. The van der Waals surface area contributed by atoms with Crippen LogP contribution in [0.2, 0.25) is 0 Å². The van der Waals surface area contributed by atoms with Crippen molar-refractivity contribution in [1.29, 1.82) is 0 Å². The number of rotatable bonds is 4. The normalized spacial score (nSPS) is 11.2. The molecule has 0 amide bonds. The first-order chi connectivity index (χ1) is 11.7. The van der Waals surface area contributed by atoms with Crippen LogP contribution in [0.15, 0.2) is 58.2 Å². The summed E-state index contributed by atoms with van der Waals surface area (Å²) in [5, 5.41) is 0.550. The van der Waals surface area contributed by atoms with Crippen molar-refractivity contribution in [2.24, 2.45) is 0 Å². The van der Waals surface area contributed by atoms with Gasteiger partial charge in [0.25, 0.3) is 0 Å². The van der Waals surface area contributed by atoms with Crippen molar-refractivity contribution < 1.29 is 13.2 Å². The molecule has 0 aliphatic carbocycles. The molecule has 0 atom stereocenters. The lowest BCUT2D eigenvalue weighted by atomic mass is 10.2. The van der Waals surface area contributed by atoms with E-state index in [0.29, 0.717) is 33.6 Å². The summed E-state index contributed by atoms with van der Waals surface area (Å²) in [6.45, 7) is 0. The standard InChI is InChI=1S/C17H11F2N3OS/c18-11-6-13-14(7-12(11)19)22-17(21-13)24-9-16-20-8-15(23-16)10-4-2-1-3-5-10/h1-8H,9H2,(H,21,22). The molecule has 0 fully saturated rings. The first kappa shape index (κ1) is 14.9. The maximum Gasteiger partial charge on any atom is 0.205 e. The summed E-state index contributed by atoms with van der Waals surface area (Å²) in [5.41, 5.74) is 1.79. The highest BCUT2D eigenvalue weighted by Gasteiger charge is 2.11. The van der Waals surface area contributed by atoms with Gasteiger partial charge in [-0.25, -0.2) is 18.7 Å². The number of hydrogen-bond donors (Lipinski definition) is 1. The number of hydrogen-bond acceptors (Lipinski definition) is 4. The molecular formula is C17H11F2N3OS. The van der Waals surface area contributed by atoms with Gasteiger partial charge in [0.1, 0.15) is 0 Å². The predicted octanol–water partition coefficient (Wildman–Crippen LogP) is 4.79. The molecule has 0 aliphatic rings. The Hall–Kier alpha value is -2.67. The third-order valence-electron chi connectivity index (χ3n) is 3.45. The smallest absolute Gasteiger partial charge is 0.205 e. The fraction of sp³-hybridized carbons (Fsp3) is 0.0588. The molecule has 4 rings (SSSR count). The first-order valence-corrected chi connectivity index (χ1v) is 8.15. The third-order valence-corrected chi connectivity index (χ3v) is 4.30. The second-order valence-corrected chi connectivity index (χ2v) is 6.06. The zero-order chi connectivity index (χ0) is 16.5. The lowest BCUT2D eigenvalue weighted by molar-refractivity contribution is 0.510. The van der Waals surface area contributed by atoms with Gasteiger partial charge in [-0.05, 0) is 0 Å². The van der Waals surface area contributed by atoms with Crippen LogP contribution in [0.1, 0.15) is 5.89 Å². The average molecular weight is 343 g/mol. The van der Waals surface area contributed by atoms with Crippen LogP contribution in [0.5, 0.6) is 0 Å². The van der Waals surface area contributed by atoms with E-state index >= 15 is 0 Å². The maximum atomic E-state index is 13.2. The minimum Gasteiger partial charge on any atom is -0.440 e. The Morgan fingerprint density at radius 1 is 1.08 bits per heavy atom. The third kappa shape index (κ3) is 2.90. The first-order valence-electron chi connectivity index (χ1n) is 7.17. The molecule has 0 saturated heterocycles. The number of benzene rings is 2. The van der Waals surface area contributed by atoms with E-state index in [1.165, 1.54) is 11.8 Å². The quantitative estimate of drug-likeness (QED) is 0.541. The van der Waals surface area contributed by atoms with Gasteiger partial charge in [-0.1, -0.05) is 42.1 Å². The molecule has 2 aromatic heterocycles. The second kappa shape index (κ2) is 6.09. The molecule has 0 radical (unpaired) electrons. The molecular weight excluding hydrogens is 332 g/mol. The summed E-state index contributed by atoms with van der Waals surface area (Å²) in [6, 6.07) is 11.9. The van der Waals surface area contributed by atoms with Gasteiger partial charge >= 0.3 is 0 Å². The number of nitrogens with one attached hydrogen (secondary N) is 1. The Balaban J connectivity index is 1.50. The van der Waals surface area contributed by atoms with Crippen LogP contribution >= 0.6 is 11.8 Å². The van der Waals surface area contributed by atoms with Gasteiger partial charge in [-0.3, -0.25) is 0 Å². The highest BCUT2D eigenvalue weighted by Crippen LogP contribution is 2.26. The summed E-state index contributed by atoms with van der Waals surface area (Å²) >= 11 is 1.35. The van der Waals surface area contributed by atoms with Crippen LogP contribution in [0.25, 0.3) is 22.4 Å². The Labute approximate surface area is 139 Å². The molecule has 24 heavy (non-hydrogen) atoms. The molecule has 0 unspecified atom stereocenters. The molecule has 0 bridgehead atoms. The Kier molecular flexibility index (Phi) is 3.78. The van der Waals surface area contributed by atoms with Crippen LogP contribution < -0.4 is 0 Å². The van der Waals surface area contributed by atoms with Crippen molar-refractivity contribution in [2.75, 3.05) is 0 Å². The van der Waals surface area contributed by atoms with E-state index in [4.69, 9.17) is 4.42 Å². The number of halogens is 2. The monoisotopic (exact) mass is 343 g/mol. The molecule has 1 N–H and O–H groups in total. The summed E-state index contributed by atoms with van der Waals surface area (Å²) in [4.78, 5) is 11.4. The fourth-order valence-corrected chi connectivity index (χ4v) is 3.03. The van der Waals surface area contributed by atoms with Crippen LogP contribution in [0.4, 0.5) is 8.78 Å². The Morgan fingerprint density at radius 2 is 1.88 bits per heavy atom.